The van der Waals surface area contributed by atoms with Gasteiger partial charge >= 0.3 is 6.03 Å². The summed E-state index contributed by atoms with van der Waals surface area (Å²) in [5.74, 6) is -1.69. The van der Waals surface area contributed by atoms with E-state index in [0.717, 1.165) is 23.1 Å². The van der Waals surface area contributed by atoms with Crippen molar-refractivity contribution in [1.82, 2.24) is 9.74 Å². The second-order valence-corrected chi connectivity index (χ2v) is 3.70. The third-order valence-corrected chi connectivity index (χ3v) is 2.18. The van der Waals surface area contributed by atoms with Crippen LogP contribution in [0.15, 0.2) is 23.2 Å². The highest BCUT2D eigenvalue weighted by atomic mass is 35.5. The molecule has 0 aliphatic heterocycles. The number of guanidine groups is 1. The Morgan fingerprint density at radius 3 is 2.42 bits per heavy atom. The number of carbonyl (C=O) groups is 1. The summed E-state index contributed by atoms with van der Waals surface area (Å²) in [6.45, 7) is -0.00736. The molecule has 0 atom stereocenters. The van der Waals surface area contributed by atoms with Crippen molar-refractivity contribution < 1.29 is 19.1 Å². The van der Waals surface area contributed by atoms with Gasteiger partial charge in [-0.05, 0) is 17.7 Å². The van der Waals surface area contributed by atoms with Crippen LogP contribution >= 0.6 is 11.8 Å². The fourth-order valence-electron chi connectivity index (χ4n) is 1.25. The maximum Gasteiger partial charge on any atom is 0.346 e. The topological polar surface area (TPSA) is 102 Å². The van der Waals surface area contributed by atoms with E-state index in [1.54, 1.807) is 0 Å². The molecule has 106 valence electrons. The minimum Gasteiger partial charge on any atom is -0.412 e. The number of carbonyl (C=O) groups excluding carboxylic acids is 1. The summed E-state index contributed by atoms with van der Waals surface area (Å²) in [5.41, 5.74) is 5.49. The molecule has 6 nitrogen and oxygen atoms in total. The van der Waals surface area contributed by atoms with Gasteiger partial charge in [0, 0.05) is 31.4 Å². The van der Waals surface area contributed by atoms with Gasteiger partial charge in [-0.3, -0.25) is 4.84 Å². The molecular formula is C10H13ClF2N4O2. The summed E-state index contributed by atoms with van der Waals surface area (Å²) in [7, 11) is 1.41. The number of amides is 2. The number of hydrogen-bond donors (Lipinski definition) is 2. The van der Waals surface area contributed by atoms with Gasteiger partial charge in [-0.2, -0.15) is 4.99 Å². The van der Waals surface area contributed by atoms with E-state index >= 15 is 0 Å². The number of hydrogen-bond acceptors (Lipinski definition) is 1. The summed E-state index contributed by atoms with van der Waals surface area (Å²) < 4.78 is 25.9. The number of halogens is 3. The molecule has 0 heterocycles. The van der Waals surface area contributed by atoms with Crippen LogP contribution in [0.25, 0.3) is 0 Å². The summed E-state index contributed by atoms with van der Waals surface area (Å²) in [5, 5.41) is 0. The highest BCUT2D eigenvalue weighted by molar-refractivity contribution is 6.22. The molecule has 1 aromatic carbocycles. The smallest absolute Gasteiger partial charge is 0.346 e. The number of benzene rings is 1. The van der Waals surface area contributed by atoms with Crippen molar-refractivity contribution in [3.8, 4) is 0 Å². The molecule has 0 unspecified atom stereocenters. The van der Waals surface area contributed by atoms with Crippen molar-refractivity contribution in [2.75, 3.05) is 7.05 Å². The van der Waals surface area contributed by atoms with Crippen molar-refractivity contribution in [2.24, 2.45) is 10.7 Å². The molecule has 0 fully saturated rings. The minimum atomic E-state index is -0.712. The van der Waals surface area contributed by atoms with Crippen LogP contribution in [0.2, 0.25) is 0 Å². The van der Waals surface area contributed by atoms with Gasteiger partial charge in [0.1, 0.15) is 11.6 Å². The number of nitrogens with one attached hydrogen (secondary N) is 1. The zero-order chi connectivity index (χ0) is 13.7. The molecule has 0 spiro atoms. The first-order valence-electron chi connectivity index (χ1n) is 4.83. The molecule has 2 amide bonds. The average molecular weight is 295 g/mol. The van der Waals surface area contributed by atoms with Gasteiger partial charge in [0.05, 0.1) is 0 Å². The Kier molecular flexibility index (Phi) is 6.73. The van der Waals surface area contributed by atoms with Crippen LogP contribution in [0.1, 0.15) is 5.56 Å². The average Bonchev–Trinajstić information content (AvgIpc) is 2.27. The lowest BCUT2D eigenvalue weighted by atomic mass is 10.2. The zero-order valence-electron chi connectivity index (χ0n) is 9.95. The molecule has 0 saturated heterocycles. The molecule has 0 aromatic heterocycles. The van der Waals surface area contributed by atoms with E-state index in [2.05, 4.69) is 4.99 Å². The number of rotatable bonds is 2. The van der Waals surface area contributed by atoms with Crippen LogP contribution in [0.4, 0.5) is 13.6 Å². The molecule has 0 bridgehead atoms. The van der Waals surface area contributed by atoms with Crippen molar-refractivity contribution in [3.05, 3.63) is 35.4 Å². The summed E-state index contributed by atoms with van der Waals surface area (Å²) in [6, 6.07) is 2.31. The fraction of sp³-hybridized carbons (Fsp3) is 0.200. The van der Waals surface area contributed by atoms with Crippen molar-refractivity contribution >= 4 is 23.8 Å². The van der Waals surface area contributed by atoms with E-state index in [0.29, 0.717) is 5.56 Å². The molecule has 9 heteroatoms. The third kappa shape index (κ3) is 5.49. The number of nitrogens with zero attached hydrogens (tertiary/aromatic N) is 2. The lowest BCUT2D eigenvalue weighted by molar-refractivity contribution is 0.217. The largest absolute Gasteiger partial charge is 0.412 e. The predicted octanol–water partition coefficient (Wildman–Crippen LogP) is 0.750. The van der Waals surface area contributed by atoms with Crippen LogP contribution in [0.5, 0.6) is 0 Å². The maximum absolute atomic E-state index is 12.9. The van der Waals surface area contributed by atoms with Gasteiger partial charge in [-0.25, -0.2) is 13.6 Å². The van der Waals surface area contributed by atoms with E-state index in [1.807, 2.05) is 4.84 Å². The quantitative estimate of drug-likeness (QED) is 0.478. The lowest BCUT2D eigenvalue weighted by Gasteiger charge is -2.14. The number of aliphatic imine (C=N–C) groups is 1. The zero-order valence-corrected chi connectivity index (χ0v) is 10.7. The summed E-state index contributed by atoms with van der Waals surface area (Å²) in [4.78, 5) is 17.9. The molecule has 1 aromatic rings. The molecule has 19 heavy (non-hydrogen) atoms. The fourth-order valence-corrected chi connectivity index (χ4v) is 1.30. The summed E-state index contributed by atoms with van der Waals surface area (Å²) >= 11 is 5.13. The van der Waals surface area contributed by atoms with E-state index in [-0.39, 0.29) is 18.0 Å². The Hall–Kier alpha value is -1.93. The van der Waals surface area contributed by atoms with Crippen molar-refractivity contribution in [1.29, 1.82) is 0 Å². The van der Waals surface area contributed by atoms with E-state index in [4.69, 9.17) is 17.5 Å². The molecule has 0 saturated carbocycles. The Labute approximate surface area is 113 Å². The number of urea groups is 1. The third-order valence-electron chi connectivity index (χ3n) is 1.98. The standard InChI is InChI=1S/C10H11ClF2N4O.H2O/c1-17(10(18)15-9(14)16-11)5-6-2-7(12)4-8(13)3-6;/h2-4H,5H2,1H3,(H3,14,15,16,18);1H2. The first-order valence-corrected chi connectivity index (χ1v) is 5.21. The van der Waals surface area contributed by atoms with Crippen LogP contribution in [-0.4, -0.2) is 29.4 Å². The highest BCUT2D eigenvalue weighted by Gasteiger charge is 2.10. The van der Waals surface area contributed by atoms with Gasteiger partial charge in [-0.15, -0.1) is 0 Å². The Bertz CT molecular complexity index is 464. The van der Waals surface area contributed by atoms with Gasteiger partial charge < -0.3 is 16.1 Å². The molecule has 0 aliphatic rings. The van der Waals surface area contributed by atoms with Gasteiger partial charge in [0.2, 0.25) is 5.96 Å². The molecule has 1 rings (SSSR count). The van der Waals surface area contributed by atoms with Gasteiger partial charge in [-0.1, -0.05) is 0 Å². The van der Waals surface area contributed by atoms with Gasteiger partial charge in [0.25, 0.3) is 0 Å². The molecule has 5 N–H and O–H groups in total. The summed E-state index contributed by atoms with van der Waals surface area (Å²) in [6.07, 6.45) is 0. The Morgan fingerprint density at radius 2 is 1.95 bits per heavy atom. The van der Waals surface area contributed by atoms with Crippen molar-refractivity contribution in [3.63, 3.8) is 0 Å². The van der Waals surface area contributed by atoms with Gasteiger partial charge in [0.15, 0.2) is 0 Å². The van der Waals surface area contributed by atoms with E-state index < -0.39 is 17.7 Å². The first kappa shape index (κ1) is 17.1. The highest BCUT2D eigenvalue weighted by Crippen LogP contribution is 2.10. The predicted molar refractivity (Wildman–Crippen MR) is 67.4 cm³/mol. The second kappa shape index (κ2) is 7.49. The Morgan fingerprint density at radius 1 is 1.42 bits per heavy atom. The monoisotopic (exact) mass is 294 g/mol. The van der Waals surface area contributed by atoms with Crippen LogP contribution in [0, 0.1) is 11.6 Å². The van der Waals surface area contributed by atoms with E-state index in [1.165, 1.54) is 7.05 Å². The molecular weight excluding hydrogens is 282 g/mol. The Balaban J connectivity index is 0.00000324. The maximum atomic E-state index is 12.9. The normalized spacial score (nSPS) is 10.6. The SMILES string of the molecule is CN(Cc1cc(F)cc(F)c1)C(=O)N=C(N)NCl.O. The van der Waals surface area contributed by atoms with Crippen LogP contribution in [-0.2, 0) is 6.54 Å². The minimum absolute atomic E-state index is 0. The molecule has 0 radical (unpaired) electrons. The number of nitrogens with two attached hydrogens (primary N) is 1. The van der Waals surface area contributed by atoms with Crippen LogP contribution < -0.4 is 10.6 Å². The first-order chi connectivity index (χ1) is 8.42. The second-order valence-electron chi connectivity index (χ2n) is 3.51. The molecule has 0 aliphatic carbocycles. The van der Waals surface area contributed by atoms with E-state index in [9.17, 15) is 13.6 Å². The van der Waals surface area contributed by atoms with Crippen LogP contribution in [0.3, 0.4) is 0 Å². The van der Waals surface area contributed by atoms with Crippen molar-refractivity contribution in [2.45, 2.75) is 6.54 Å². The lowest BCUT2D eigenvalue weighted by Crippen LogP contribution is -2.30.